The van der Waals surface area contributed by atoms with Crippen LogP contribution < -0.4 is 0 Å². The van der Waals surface area contributed by atoms with Crippen LogP contribution in [-0.4, -0.2) is 26.9 Å². The highest BCUT2D eigenvalue weighted by Crippen LogP contribution is 2.10. The average molecular weight is 134 g/mol. The van der Waals surface area contributed by atoms with E-state index in [1.165, 1.54) is 0 Å². The zero-order chi connectivity index (χ0) is 5.98. The summed E-state index contributed by atoms with van der Waals surface area (Å²) in [4.78, 5) is 8.13. The molecule has 0 aromatic heterocycles. The Kier molecular flexibility index (Phi) is 1.59. The third-order valence-electron chi connectivity index (χ3n) is 0.890. The molecule has 1 rings (SSSR count). The summed E-state index contributed by atoms with van der Waals surface area (Å²) in [6, 6.07) is 0. The third kappa shape index (κ3) is 1.27. The fourth-order valence-corrected chi connectivity index (χ4v) is 0.830. The molecule has 1 aliphatic heterocycles. The molecule has 1 aliphatic rings. The van der Waals surface area contributed by atoms with Crippen LogP contribution in [0.25, 0.3) is 0 Å². The van der Waals surface area contributed by atoms with Crippen molar-refractivity contribution in [3.8, 4) is 0 Å². The predicted molar refractivity (Wildman–Crippen MR) is 24.1 cm³/mol. The smallest absolute Gasteiger partial charge is 0.511 e. The van der Waals surface area contributed by atoms with E-state index < -0.39 is 15.5 Å². The Morgan fingerprint density at radius 2 is 2.50 bits per heavy atom. The fraction of sp³-hybridized carbons (Fsp3) is 1.00. The molecule has 0 amide bonds. The molecule has 0 aromatic rings. The monoisotopic (exact) mass is 134 g/mol. The van der Waals surface area contributed by atoms with Crippen LogP contribution in [0.1, 0.15) is 6.42 Å². The molecule has 1 saturated heterocycles. The molecule has 1 fully saturated rings. The Bertz CT molecular complexity index is 99.5. The minimum atomic E-state index is -2.77. The summed E-state index contributed by atoms with van der Waals surface area (Å²) >= 11 is 0. The van der Waals surface area contributed by atoms with Crippen molar-refractivity contribution in [2.45, 2.75) is 12.7 Å². The van der Waals surface area contributed by atoms with Gasteiger partial charge < -0.3 is 14.0 Å². The summed E-state index contributed by atoms with van der Waals surface area (Å²) in [5.41, 5.74) is 0. The molecule has 4 nitrogen and oxygen atoms in total. The Hall–Kier alpha value is -0.423. The molecule has 46 valence electrons. The van der Waals surface area contributed by atoms with E-state index in [-0.39, 0.29) is 0 Å². The minimum absolute atomic E-state index is 0.411. The quantitative estimate of drug-likeness (QED) is 0.500. The summed E-state index contributed by atoms with van der Waals surface area (Å²) in [6.45, 7) is 0.639. The Morgan fingerprint density at radius 3 is 2.62 bits per heavy atom. The van der Waals surface area contributed by atoms with Gasteiger partial charge in [0.1, 0.15) is 0 Å². The Morgan fingerprint density at radius 1 is 1.88 bits per heavy atom. The van der Waals surface area contributed by atoms with Gasteiger partial charge in [0.15, 0.2) is 6.29 Å². The number of hydrogen-bond acceptors (Lipinski definition) is 3. The second-order valence-electron chi connectivity index (χ2n) is 1.47. The van der Waals surface area contributed by atoms with Crippen molar-refractivity contribution < 1.29 is 18.4 Å². The van der Waals surface area contributed by atoms with Gasteiger partial charge in [-0.15, -0.1) is 0 Å². The maximum absolute atomic E-state index is 9.89. The molecule has 8 heavy (non-hydrogen) atoms. The van der Waals surface area contributed by atoms with E-state index >= 15 is 0 Å². The van der Waals surface area contributed by atoms with Gasteiger partial charge in [-0.3, -0.25) is 4.46 Å². The van der Waals surface area contributed by atoms with Gasteiger partial charge in [0, 0.05) is 6.42 Å². The normalized spacial score (nSPS) is 26.2. The van der Waals surface area contributed by atoms with Crippen LogP contribution in [0.5, 0.6) is 0 Å². The highest BCUT2D eigenvalue weighted by atomic mass is 28.3. The van der Waals surface area contributed by atoms with Crippen molar-refractivity contribution in [2.24, 2.45) is 0 Å². The molecule has 0 saturated carbocycles. The fourth-order valence-electron chi connectivity index (χ4n) is 0.419. The Balaban J connectivity index is 2.09. The largest absolute Gasteiger partial charge is 0.766 e. The van der Waals surface area contributed by atoms with Crippen LogP contribution in [0.2, 0.25) is 0 Å². The van der Waals surface area contributed by atoms with Gasteiger partial charge in [-0.25, -0.2) is 0 Å². The number of ether oxygens (including phenoxy) is 1. The molecule has 5 heteroatoms. The second kappa shape index (κ2) is 2.23. The molecule has 1 atom stereocenters. The van der Waals surface area contributed by atoms with Gasteiger partial charge in [-0.2, -0.15) is 0 Å². The highest BCUT2D eigenvalue weighted by Gasteiger charge is 2.22. The topological polar surface area (TPSA) is 55.8 Å². The van der Waals surface area contributed by atoms with Gasteiger partial charge in [0.25, 0.3) is 0 Å². The van der Waals surface area contributed by atoms with Gasteiger partial charge in [0.05, 0.1) is 6.61 Å². The first-order valence-electron chi connectivity index (χ1n) is 2.30. The average Bonchev–Trinajstić information content (AvgIpc) is 1.55. The molecule has 0 radical (unpaired) electrons. The number of rotatable bonds is 2. The summed E-state index contributed by atoms with van der Waals surface area (Å²) < 4.78 is 18.9. The lowest BCUT2D eigenvalue weighted by atomic mass is 10.4. The molecular formula is C3H6O4Si. The lowest BCUT2D eigenvalue weighted by Crippen LogP contribution is -2.32. The van der Waals surface area contributed by atoms with Crippen LogP contribution in [0.4, 0.5) is 0 Å². The van der Waals surface area contributed by atoms with Crippen LogP contribution >= 0.6 is 0 Å². The van der Waals surface area contributed by atoms with Crippen molar-refractivity contribution in [1.29, 1.82) is 0 Å². The van der Waals surface area contributed by atoms with Crippen LogP contribution in [-0.2, 0) is 13.6 Å². The number of hydrogen-bond donors (Lipinski definition) is 1. The van der Waals surface area contributed by atoms with E-state index in [2.05, 4.69) is 9.16 Å². The molecule has 0 aromatic carbocycles. The maximum Gasteiger partial charge on any atom is 0.766 e. The molecular weight excluding hydrogens is 128 g/mol. The Labute approximate surface area is 47.9 Å². The zero-order valence-corrected chi connectivity index (χ0v) is 5.16. The lowest BCUT2D eigenvalue weighted by molar-refractivity contribution is -0.175. The van der Waals surface area contributed by atoms with Gasteiger partial charge in [-0.05, 0) is 0 Å². The van der Waals surface area contributed by atoms with E-state index in [1.807, 2.05) is 0 Å². The highest BCUT2D eigenvalue weighted by molar-refractivity contribution is 6.24. The summed E-state index contributed by atoms with van der Waals surface area (Å²) in [5, 5.41) is 0. The minimum Gasteiger partial charge on any atom is -0.511 e. The zero-order valence-electron chi connectivity index (χ0n) is 4.16. The van der Waals surface area contributed by atoms with E-state index in [1.54, 1.807) is 0 Å². The third-order valence-corrected chi connectivity index (χ3v) is 1.35. The molecule has 0 aliphatic carbocycles. The van der Waals surface area contributed by atoms with Gasteiger partial charge in [0.2, 0.25) is 0 Å². The first kappa shape index (κ1) is 5.71. The van der Waals surface area contributed by atoms with E-state index in [0.29, 0.717) is 6.61 Å². The summed E-state index contributed by atoms with van der Waals surface area (Å²) in [6.07, 6.45) is 0.322. The summed E-state index contributed by atoms with van der Waals surface area (Å²) in [7, 11) is -2.77. The SMILES string of the molecule is O=[Si](O)OC1CCO1. The van der Waals surface area contributed by atoms with Crippen molar-refractivity contribution in [3.05, 3.63) is 0 Å². The predicted octanol–water partition coefficient (Wildman–Crippen LogP) is -0.843. The lowest BCUT2D eigenvalue weighted by Gasteiger charge is -2.24. The van der Waals surface area contributed by atoms with Crippen molar-refractivity contribution in [2.75, 3.05) is 6.61 Å². The molecule has 0 spiro atoms. The van der Waals surface area contributed by atoms with E-state index in [0.717, 1.165) is 6.42 Å². The summed E-state index contributed by atoms with van der Waals surface area (Å²) in [5.74, 6) is 0. The molecule has 1 N–H and O–H groups in total. The van der Waals surface area contributed by atoms with Crippen LogP contribution in [0.15, 0.2) is 0 Å². The maximum atomic E-state index is 9.89. The van der Waals surface area contributed by atoms with Crippen LogP contribution in [0.3, 0.4) is 0 Å². The van der Waals surface area contributed by atoms with Crippen LogP contribution in [0, 0.1) is 0 Å². The van der Waals surface area contributed by atoms with Crippen molar-refractivity contribution >= 4 is 9.17 Å². The van der Waals surface area contributed by atoms with Gasteiger partial charge in [-0.1, -0.05) is 0 Å². The first-order chi connectivity index (χ1) is 3.79. The first-order valence-corrected chi connectivity index (χ1v) is 3.56. The van der Waals surface area contributed by atoms with Gasteiger partial charge >= 0.3 is 9.17 Å². The molecule has 1 unspecified atom stereocenters. The second-order valence-corrected chi connectivity index (χ2v) is 2.24. The molecule has 1 heterocycles. The molecule has 0 bridgehead atoms. The van der Waals surface area contributed by atoms with Crippen molar-refractivity contribution in [1.82, 2.24) is 0 Å². The van der Waals surface area contributed by atoms with E-state index in [4.69, 9.17) is 4.80 Å². The van der Waals surface area contributed by atoms with E-state index in [9.17, 15) is 4.46 Å². The standard InChI is InChI=1S/C3H6O4Si/c4-8(5)7-3-1-2-6-3/h3-4H,1-2H2. The van der Waals surface area contributed by atoms with Crippen molar-refractivity contribution in [3.63, 3.8) is 0 Å².